The molecule has 0 atom stereocenters. The highest BCUT2D eigenvalue weighted by atomic mass is 32.1. The lowest BCUT2D eigenvalue weighted by atomic mass is 10.1. The van der Waals surface area contributed by atoms with E-state index in [9.17, 15) is 5.11 Å². The zero-order valence-corrected chi connectivity index (χ0v) is 10.5. The summed E-state index contributed by atoms with van der Waals surface area (Å²) in [7, 11) is 1.56. The van der Waals surface area contributed by atoms with E-state index >= 15 is 0 Å². The van der Waals surface area contributed by atoms with Crippen LogP contribution in [0.4, 0.5) is 0 Å². The van der Waals surface area contributed by atoms with E-state index in [1.807, 2.05) is 4.90 Å². The standard InChI is InChI=1S/C12H15NO3S/c1-15-9-2-3-10(11(14)8-9)12(17)13-4-6-16-7-5-13/h2-3,8,14H,4-7H2,1H3. The van der Waals surface area contributed by atoms with Crippen LogP contribution in [0.3, 0.4) is 0 Å². The van der Waals surface area contributed by atoms with Gasteiger partial charge in [-0.1, -0.05) is 12.2 Å². The first-order valence-electron chi connectivity index (χ1n) is 5.46. The Labute approximate surface area is 106 Å². The second-order valence-electron chi connectivity index (χ2n) is 3.79. The summed E-state index contributed by atoms with van der Waals surface area (Å²) in [5.74, 6) is 0.775. The highest BCUT2D eigenvalue weighted by Crippen LogP contribution is 2.25. The summed E-state index contributed by atoms with van der Waals surface area (Å²) in [5, 5.41) is 9.90. The van der Waals surface area contributed by atoms with Gasteiger partial charge >= 0.3 is 0 Å². The predicted molar refractivity (Wildman–Crippen MR) is 68.8 cm³/mol. The minimum absolute atomic E-state index is 0.154. The average Bonchev–Trinajstić information content (AvgIpc) is 2.39. The van der Waals surface area contributed by atoms with Crippen LogP contribution < -0.4 is 4.74 Å². The van der Waals surface area contributed by atoms with Crippen molar-refractivity contribution in [3.63, 3.8) is 0 Å². The Kier molecular flexibility index (Phi) is 3.81. The molecule has 0 amide bonds. The molecule has 0 spiro atoms. The van der Waals surface area contributed by atoms with Gasteiger partial charge in [0.15, 0.2) is 0 Å². The lowest BCUT2D eigenvalue weighted by Gasteiger charge is -2.29. The summed E-state index contributed by atoms with van der Waals surface area (Å²) < 4.78 is 10.3. The first-order chi connectivity index (χ1) is 8.22. The minimum atomic E-state index is 0.154. The van der Waals surface area contributed by atoms with E-state index in [1.165, 1.54) is 0 Å². The minimum Gasteiger partial charge on any atom is -0.507 e. The normalized spacial score (nSPS) is 15.7. The number of methoxy groups -OCH3 is 1. The molecular weight excluding hydrogens is 238 g/mol. The predicted octanol–water partition coefficient (Wildman–Crippen LogP) is 1.41. The fraction of sp³-hybridized carbons (Fsp3) is 0.417. The maximum atomic E-state index is 9.90. The highest BCUT2D eigenvalue weighted by molar-refractivity contribution is 7.80. The van der Waals surface area contributed by atoms with Crippen molar-refractivity contribution in [2.24, 2.45) is 0 Å². The molecule has 0 aliphatic carbocycles. The Morgan fingerprint density at radius 1 is 1.41 bits per heavy atom. The molecule has 92 valence electrons. The Morgan fingerprint density at radius 3 is 2.71 bits per heavy atom. The summed E-state index contributed by atoms with van der Waals surface area (Å²) in [6.45, 7) is 2.89. The Morgan fingerprint density at radius 2 is 2.12 bits per heavy atom. The van der Waals surface area contributed by atoms with Crippen LogP contribution in [0.25, 0.3) is 0 Å². The largest absolute Gasteiger partial charge is 0.507 e. The summed E-state index contributed by atoms with van der Waals surface area (Å²) in [4.78, 5) is 2.70. The molecule has 1 aliphatic heterocycles. The number of thiocarbonyl (C=S) groups is 1. The highest BCUT2D eigenvalue weighted by Gasteiger charge is 2.17. The Balaban J connectivity index is 2.18. The van der Waals surface area contributed by atoms with E-state index in [2.05, 4.69) is 0 Å². The molecule has 0 aromatic heterocycles. The molecule has 0 bridgehead atoms. The summed E-state index contributed by atoms with van der Waals surface area (Å²) in [5.41, 5.74) is 0.669. The summed E-state index contributed by atoms with van der Waals surface area (Å²) in [6, 6.07) is 5.15. The molecule has 1 saturated heterocycles. The fourth-order valence-electron chi connectivity index (χ4n) is 1.76. The molecule has 2 rings (SSSR count). The molecule has 1 aromatic carbocycles. The van der Waals surface area contributed by atoms with Gasteiger partial charge in [0.2, 0.25) is 0 Å². The van der Waals surface area contributed by atoms with Gasteiger partial charge in [-0.25, -0.2) is 0 Å². The number of benzene rings is 1. The van der Waals surface area contributed by atoms with E-state index in [-0.39, 0.29) is 5.75 Å². The van der Waals surface area contributed by atoms with Crippen molar-refractivity contribution in [1.82, 2.24) is 4.90 Å². The fourth-order valence-corrected chi connectivity index (χ4v) is 2.11. The van der Waals surface area contributed by atoms with Gasteiger partial charge in [-0.15, -0.1) is 0 Å². The second-order valence-corrected chi connectivity index (χ2v) is 4.17. The smallest absolute Gasteiger partial charge is 0.129 e. The molecule has 0 saturated carbocycles. The number of phenolic OH excluding ortho intramolecular Hbond substituents is 1. The van der Waals surface area contributed by atoms with Crippen molar-refractivity contribution >= 4 is 17.2 Å². The summed E-state index contributed by atoms with van der Waals surface area (Å²) in [6.07, 6.45) is 0. The van der Waals surface area contributed by atoms with E-state index in [4.69, 9.17) is 21.7 Å². The van der Waals surface area contributed by atoms with Crippen molar-refractivity contribution < 1.29 is 14.6 Å². The zero-order valence-electron chi connectivity index (χ0n) is 9.68. The van der Waals surface area contributed by atoms with Gasteiger partial charge in [0.05, 0.1) is 25.9 Å². The Bertz CT molecular complexity index is 416. The quantitative estimate of drug-likeness (QED) is 0.807. The summed E-state index contributed by atoms with van der Waals surface area (Å²) >= 11 is 5.38. The van der Waals surface area contributed by atoms with Crippen LogP contribution in [0.1, 0.15) is 5.56 Å². The number of phenols is 1. The van der Waals surface area contributed by atoms with Crippen molar-refractivity contribution in [1.29, 1.82) is 0 Å². The van der Waals surface area contributed by atoms with Crippen molar-refractivity contribution in [3.8, 4) is 11.5 Å². The van der Waals surface area contributed by atoms with Crippen molar-refractivity contribution in [3.05, 3.63) is 23.8 Å². The van der Waals surface area contributed by atoms with Crippen LogP contribution in [0.5, 0.6) is 11.5 Å². The molecule has 1 heterocycles. The molecule has 4 nitrogen and oxygen atoms in total. The van der Waals surface area contributed by atoms with Crippen LogP contribution >= 0.6 is 12.2 Å². The SMILES string of the molecule is COc1ccc(C(=S)N2CCOCC2)c(O)c1. The van der Waals surface area contributed by atoms with E-state index < -0.39 is 0 Å². The van der Waals surface area contributed by atoms with Crippen molar-refractivity contribution in [2.75, 3.05) is 33.4 Å². The zero-order chi connectivity index (χ0) is 12.3. The lowest BCUT2D eigenvalue weighted by molar-refractivity contribution is 0.0692. The van der Waals surface area contributed by atoms with Gasteiger partial charge in [0.25, 0.3) is 0 Å². The number of ether oxygens (including phenoxy) is 2. The van der Waals surface area contributed by atoms with E-state index in [0.29, 0.717) is 29.5 Å². The third-order valence-corrected chi connectivity index (χ3v) is 3.21. The van der Waals surface area contributed by atoms with Crippen LogP contribution in [-0.2, 0) is 4.74 Å². The number of nitrogens with zero attached hydrogens (tertiary/aromatic N) is 1. The first kappa shape index (κ1) is 12.1. The third-order valence-electron chi connectivity index (χ3n) is 2.73. The van der Waals surface area contributed by atoms with Crippen molar-refractivity contribution in [2.45, 2.75) is 0 Å². The molecule has 5 heteroatoms. The molecule has 1 aliphatic rings. The topological polar surface area (TPSA) is 41.9 Å². The molecule has 1 N–H and O–H groups in total. The number of morpholine rings is 1. The molecule has 0 radical (unpaired) electrons. The van der Waals surface area contributed by atoms with Gasteiger partial charge in [-0.3, -0.25) is 0 Å². The number of aromatic hydroxyl groups is 1. The van der Waals surface area contributed by atoms with Crippen LogP contribution in [-0.4, -0.2) is 48.4 Å². The number of rotatable bonds is 2. The lowest BCUT2D eigenvalue weighted by Crippen LogP contribution is -2.40. The molecule has 0 unspecified atom stereocenters. The number of hydrogen-bond donors (Lipinski definition) is 1. The van der Waals surface area contributed by atoms with Crippen LogP contribution in [0.2, 0.25) is 0 Å². The first-order valence-corrected chi connectivity index (χ1v) is 5.87. The second kappa shape index (κ2) is 5.33. The van der Waals surface area contributed by atoms with Gasteiger partial charge in [0, 0.05) is 19.2 Å². The average molecular weight is 253 g/mol. The van der Waals surface area contributed by atoms with Crippen LogP contribution in [0.15, 0.2) is 18.2 Å². The third kappa shape index (κ3) is 2.68. The number of hydrogen-bond acceptors (Lipinski definition) is 4. The molecular formula is C12H15NO3S. The molecule has 17 heavy (non-hydrogen) atoms. The monoisotopic (exact) mass is 253 g/mol. The maximum absolute atomic E-state index is 9.90. The molecule has 1 aromatic rings. The van der Waals surface area contributed by atoms with Gasteiger partial charge in [0.1, 0.15) is 16.5 Å². The Hall–Kier alpha value is -1.33. The molecule has 1 fully saturated rings. The van der Waals surface area contributed by atoms with Gasteiger partial charge < -0.3 is 19.5 Å². The van der Waals surface area contributed by atoms with Crippen LogP contribution in [0, 0.1) is 0 Å². The van der Waals surface area contributed by atoms with Gasteiger partial charge in [-0.2, -0.15) is 0 Å². The van der Waals surface area contributed by atoms with Gasteiger partial charge in [-0.05, 0) is 12.1 Å². The van der Waals surface area contributed by atoms with E-state index in [1.54, 1.807) is 25.3 Å². The van der Waals surface area contributed by atoms with E-state index in [0.717, 1.165) is 13.1 Å². The maximum Gasteiger partial charge on any atom is 0.129 e.